The SMILES string of the molecule is C#CC(Nc1cc(-c2ncc[nH]2)ccc1OCCOCC)c1ccc(C(C)C)cc1. The Morgan fingerprint density at radius 3 is 2.50 bits per heavy atom. The van der Waals surface area contributed by atoms with Gasteiger partial charge in [-0.3, -0.25) is 0 Å². The van der Waals surface area contributed by atoms with Crippen LogP contribution in [0.1, 0.15) is 43.9 Å². The maximum Gasteiger partial charge on any atom is 0.142 e. The van der Waals surface area contributed by atoms with E-state index in [1.54, 1.807) is 12.4 Å². The zero-order valence-corrected chi connectivity index (χ0v) is 17.8. The first-order valence-electron chi connectivity index (χ1n) is 10.3. The van der Waals surface area contributed by atoms with E-state index >= 15 is 0 Å². The maximum atomic E-state index is 5.96. The Balaban J connectivity index is 1.86. The molecule has 0 amide bonds. The van der Waals surface area contributed by atoms with E-state index in [0.29, 0.717) is 25.7 Å². The third-order valence-corrected chi connectivity index (χ3v) is 4.84. The van der Waals surface area contributed by atoms with Crippen molar-refractivity contribution in [2.24, 2.45) is 0 Å². The van der Waals surface area contributed by atoms with Gasteiger partial charge in [-0.15, -0.1) is 6.42 Å². The van der Waals surface area contributed by atoms with Crippen molar-refractivity contribution in [1.82, 2.24) is 9.97 Å². The standard InChI is InChI=1S/C25H29N3O2/c1-5-22(20-9-7-19(8-10-20)18(3)4)28-23-17-21(25-26-13-14-27-25)11-12-24(23)30-16-15-29-6-2/h1,7-14,17-18,22,28H,6,15-16H2,2-4H3,(H,26,27). The minimum Gasteiger partial charge on any atom is -0.489 e. The van der Waals surface area contributed by atoms with Crippen LogP contribution >= 0.6 is 0 Å². The molecule has 2 aromatic carbocycles. The van der Waals surface area contributed by atoms with E-state index < -0.39 is 0 Å². The summed E-state index contributed by atoms with van der Waals surface area (Å²) in [6, 6.07) is 14.0. The van der Waals surface area contributed by atoms with Crippen LogP contribution in [-0.2, 0) is 4.74 Å². The lowest BCUT2D eigenvalue weighted by Crippen LogP contribution is -2.12. The van der Waals surface area contributed by atoms with Crippen LogP contribution in [0.5, 0.6) is 5.75 Å². The second-order valence-corrected chi connectivity index (χ2v) is 7.26. The molecule has 0 saturated heterocycles. The molecule has 0 aliphatic heterocycles. The van der Waals surface area contributed by atoms with Crippen molar-refractivity contribution in [2.75, 3.05) is 25.1 Å². The highest BCUT2D eigenvalue weighted by Gasteiger charge is 2.14. The summed E-state index contributed by atoms with van der Waals surface area (Å²) in [5.41, 5.74) is 4.08. The molecule has 0 fully saturated rings. The summed E-state index contributed by atoms with van der Waals surface area (Å²) < 4.78 is 11.3. The summed E-state index contributed by atoms with van der Waals surface area (Å²) in [6.07, 6.45) is 9.41. The topological polar surface area (TPSA) is 59.2 Å². The number of terminal acetylenes is 1. The number of ether oxygens (including phenoxy) is 2. The summed E-state index contributed by atoms with van der Waals surface area (Å²) in [4.78, 5) is 7.48. The van der Waals surface area contributed by atoms with Crippen molar-refractivity contribution in [3.05, 3.63) is 66.0 Å². The van der Waals surface area contributed by atoms with Gasteiger partial charge < -0.3 is 19.8 Å². The van der Waals surface area contributed by atoms with Gasteiger partial charge in [0.25, 0.3) is 0 Å². The van der Waals surface area contributed by atoms with Crippen LogP contribution < -0.4 is 10.1 Å². The fraction of sp³-hybridized carbons (Fsp3) is 0.320. The van der Waals surface area contributed by atoms with Gasteiger partial charge in [0, 0.05) is 24.6 Å². The monoisotopic (exact) mass is 403 g/mol. The molecule has 0 radical (unpaired) electrons. The number of nitrogens with zero attached hydrogens (tertiary/aromatic N) is 1. The minimum absolute atomic E-state index is 0.285. The summed E-state index contributed by atoms with van der Waals surface area (Å²) in [7, 11) is 0. The molecule has 0 bridgehead atoms. The van der Waals surface area contributed by atoms with E-state index in [1.807, 2.05) is 25.1 Å². The molecule has 5 nitrogen and oxygen atoms in total. The molecule has 156 valence electrons. The number of rotatable bonds is 10. The minimum atomic E-state index is -0.285. The molecular formula is C25H29N3O2. The number of H-pyrrole nitrogens is 1. The van der Waals surface area contributed by atoms with E-state index in [4.69, 9.17) is 15.9 Å². The molecule has 1 unspecified atom stereocenters. The normalized spacial score (nSPS) is 11.8. The maximum absolute atomic E-state index is 5.96. The van der Waals surface area contributed by atoms with Gasteiger partial charge in [-0.25, -0.2) is 4.98 Å². The summed E-state index contributed by atoms with van der Waals surface area (Å²) in [5, 5.41) is 3.46. The first kappa shape index (κ1) is 21.5. The predicted octanol–water partition coefficient (Wildman–Crippen LogP) is 5.40. The highest BCUT2D eigenvalue weighted by molar-refractivity contribution is 5.69. The van der Waals surface area contributed by atoms with Crippen molar-refractivity contribution >= 4 is 5.69 Å². The Kier molecular flexibility index (Phi) is 7.53. The van der Waals surface area contributed by atoms with E-state index in [0.717, 1.165) is 28.4 Å². The third kappa shape index (κ3) is 5.43. The molecule has 5 heteroatoms. The van der Waals surface area contributed by atoms with Crippen molar-refractivity contribution < 1.29 is 9.47 Å². The average Bonchev–Trinajstić information content (AvgIpc) is 3.30. The summed E-state index contributed by atoms with van der Waals surface area (Å²) >= 11 is 0. The molecule has 1 heterocycles. The smallest absolute Gasteiger partial charge is 0.142 e. The van der Waals surface area contributed by atoms with E-state index in [9.17, 15) is 0 Å². The molecule has 1 atom stereocenters. The molecule has 3 aromatic rings. The zero-order chi connectivity index (χ0) is 21.3. The zero-order valence-electron chi connectivity index (χ0n) is 17.8. The largest absolute Gasteiger partial charge is 0.489 e. The Bertz CT molecular complexity index is 957. The lowest BCUT2D eigenvalue weighted by molar-refractivity contribution is 0.110. The Morgan fingerprint density at radius 1 is 1.10 bits per heavy atom. The van der Waals surface area contributed by atoms with Gasteiger partial charge in [0.2, 0.25) is 0 Å². The summed E-state index contributed by atoms with van der Waals surface area (Å²) in [5.74, 6) is 4.85. The Hall–Kier alpha value is -3.23. The molecule has 2 N–H and O–H groups in total. The number of aromatic nitrogens is 2. The number of hydrogen-bond acceptors (Lipinski definition) is 4. The van der Waals surface area contributed by atoms with Crippen LogP contribution in [0, 0.1) is 12.3 Å². The second-order valence-electron chi connectivity index (χ2n) is 7.26. The first-order valence-corrected chi connectivity index (χ1v) is 10.3. The fourth-order valence-electron chi connectivity index (χ4n) is 3.14. The number of nitrogens with one attached hydrogen (secondary N) is 2. The fourth-order valence-corrected chi connectivity index (χ4v) is 3.14. The van der Waals surface area contributed by atoms with Gasteiger partial charge in [0.05, 0.1) is 12.3 Å². The van der Waals surface area contributed by atoms with Gasteiger partial charge in [0.15, 0.2) is 0 Å². The molecule has 0 saturated carbocycles. The van der Waals surface area contributed by atoms with Crippen LogP contribution in [0.2, 0.25) is 0 Å². The van der Waals surface area contributed by atoms with Gasteiger partial charge in [0.1, 0.15) is 24.2 Å². The molecule has 0 aliphatic carbocycles. The lowest BCUT2D eigenvalue weighted by atomic mass is 9.99. The van der Waals surface area contributed by atoms with Crippen LogP contribution in [0.15, 0.2) is 54.9 Å². The van der Waals surface area contributed by atoms with Gasteiger partial charge in [-0.2, -0.15) is 0 Å². The molecular weight excluding hydrogens is 374 g/mol. The Morgan fingerprint density at radius 2 is 1.87 bits per heavy atom. The lowest BCUT2D eigenvalue weighted by Gasteiger charge is -2.19. The molecule has 30 heavy (non-hydrogen) atoms. The number of imidazole rings is 1. The van der Waals surface area contributed by atoms with Crippen molar-refractivity contribution in [1.29, 1.82) is 0 Å². The Labute approximate surface area is 178 Å². The quantitative estimate of drug-likeness (QED) is 0.351. The van der Waals surface area contributed by atoms with Crippen molar-refractivity contribution in [3.8, 4) is 29.5 Å². The van der Waals surface area contributed by atoms with Crippen LogP contribution in [0.4, 0.5) is 5.69 Å². The van der Waals surface area contributed by atoms with Crippen molar-refractivity contribution in [2.45, 2.75) is 32.7 Å². The third-order valence-electron chi connectivity index (χ3n) is 4.84. The van der Waals surface area contributed by atoms with Gasteiger partial charge in [-0.05, 0) is 42.2 Å². The van der Waals surface area contributed by atoms with E-state index in [2.05, 4.69) is 59.3 Å². The molecule has 3 rings (SSSR count). The van der Waals surface area contributed by atoms with E-state index in [-0.39, 0.29) is 6.04 Å². The molecule has 1 aromatic heterocycles. The average molecular weight is 404 g/mol. The number of anilines is 1. The van der Waals surface area contributed by atoms with Crippen LogP contribution in [0.3, 0.4) is 0 Å². The summed E-state index contributed by atoms with van der Waals surface area (Å²) in [6.45, 7) is 7.98. The van der Waals surface area contributed by atoms with E-state index in [1.165, 1.54) is 5.56 Å². The highest BCUT2D eigenvalue weighted by Crippen LogP contribution is 2.32. The number of hydrogen-bond donors (Lipinski definition) is 2. The van der Waals surface area contributed by atoms with Crippen LogP contribution in [0.25, 0.3) is 11.4 Å². The number of benzene rings is 2. The highest BCUT2D eigenvalue weighted by atomic mass is 16.5. The predicted molar refractivity (Wildman–Crippen MR) is 122 cm³/mol. The second kappa shape index (κ2) is 10.5. The van der Waals surface area contributed by atoms with Gasteiger partial charge in [-0.1, -0.05) is 44.0 Å². The van der Waals surface area contributed by atoms with Crippen molar-refractivity contribution in [3.63, 3.8) is 0 Å². The first-order chi connectivity index (χ1) is 14.6. The molecule has 0 aliphatic rings. The molecule has 0 spiro atoms. The van der Waals surface area contributed by atoms with Crippen LogP contribution in [-0.4, -0.2) is 29.8 Å². The number of aromatic amines is 1. The van der Waals surface area contributed by atoms with Gasteiger partial charge >= 0.3 is 0 Å².